The Morgan fingerprint density at radius 2 is 1.82 bits per heavy atom. The smallest absolute Gasteiger partial charge is 0.340 e. The first-order chi connectivity index (χ1) is 13.4. The fourth-order valence-electron chi connectivity index (χ4n) is 2.37. The van der Waals surface area contributed by atoms with E-state index >= 15 is 0 Å². The normalized spacial score (nSPS) is 11.0. The summed E-state index contributed by atoms with van der Waals surface area (Å²) < 4.78 is 5.24. The molecule has 0 saturated carbocycles. The van der Waals surface area contributed by atoms with E-state index in [1.54, 1.807) is 36.4 Å². The zero-order valence-corrected chi connectivity index (χ0v) is 15.2. The summed E-state index contributed by atoms with van der Waals surface area (Å²) in [5.74, 6) is -1.31. The van der Waals surface area contributed by atoms with Gasteiger partial charge in [0.15, 0.2) is 0 Å². The monoisotopic (exact) mass is 397 g/mol. The van der Waals surface area contributed by atoms with E-state index in [0.717, 1.165) is 22.4 Å². The van der Waals surface area contributed by atoms with Gasteiger partial charge in [0.05, 0.1) is 0 Å². The number of carboxylic acid groups (broad SMARTS) is 1. The van der Waals surface area contributed by atoms with E-state index in [0.29, 0.717) is 22.6 Å². The van der Waals surface area contributed by atoms with Crippen molar-refractivity contribution >= 4 is 40.3 Å². The van der Waals surface area contributed by atoms with Crippen LogP contribution in [0.2, 0.25) is 0 Å². The molecule has 0 saturated heterocycles. The lowest BCUT2D eigenvalue weighted by molar-refractivity contribution is -0.131. The van der Waals surface area contributed by atoms with Crippen LogP contribution < -0.4 is 10.9 Å². The summed E-state index contributed by atoms with van der Waals surface area (Å²) in [4.78, 5) is 34.9. The van der Waals surface area contributed by atoms with Crippen LogP contribution in [-0.4, -0.2) is 22.1 Å². The number of thioether (sulfide) groups is 1. The first-order valence-corrected chi connectivity index (χ1v) is 9.10. The number of rotatable bonds is 6. The van der Waals surface area contributed by atoms with Crippen molar-refractivity contribution in [3.05, 3.63) is 76.7 Å². The summed E-state index contributed by atoms with van der Waals surface area (Å²) >= 11 is 1.43. The molecule has 0 fully saturated rings. The van der Waals surface area contributed by atoms with Gasteiger partial charge in [0, 0.05) is 45.5 Å². The van der Waals surface area contributed by atoms with Gasteiger partial charge in [-0.2, -0.15) is 0 Å². The van der Waals surface area contributed by atoms with Crippen molar-refractivity contribution < 1.29 is 24.2 Å². The second-order valence-electron chi connectivity index (χ2n) is 5.76. The van der Waals surface area contributed by atoms with E-state index in [4.69, 9.17) is 9.52 Å². The predicted molar refractivity (Wildman–Crippen MR) is 106 cm³/mol. The molecule has 0 radical (unpaired) electrons. The summed E-state index contributed by atoms with van der Waals surface area (Å²) in [6, 6.07) is 13.3. The third kappa shape index (κ3) is 5.01. The Morgan fingerprint density at radius 3 is 2.54 bits per heavy atom. The number of hydrogen-bond donors (Lipinski definition) is 3. The number of carbonyl (C=O) groups excluding carboxylic acids is 1. The molecule has 7 nitrogen and oxygen atoms in total. The minimum Gasteiger partial charge on any atom is -0.508 e. The minimum atomic E-state index is -1.20. The molecule has 8 heteroatoms. The van der Waals surface area contributed by atoms with Crippen LogP contribution in [0.1, 0.15) is 5.56 Å². The highest BCUT2D eigenvalue weighted by atomic mass is 32.2. The zero-order chi connectivity index (χ0) is 20.1. The molecule has 0 aliphatic carbocycles. The highest BCUT2D eigenvalue weighted by Gasteiger charge is 2.07. The number of phenols is 1. The highest BCUT2D eigenvalue weighted by Crippen LogP contribution is 2.25. The Bertz CT molecular complexity index is 1120. The van der Waals surface area contributed by atoms with E-state index in [2.05, 4.69) is 5.32 Å². The first-order valence-electron chi connectivity index (χ1n) is 8.11. The second kappa shape index (κ2) is 8.45. The molecule has 28 heavy (non-hydrogen) atoms. The summed E-state index contributed by atoms with van der Waals surface area (Å²) in [6.45, 7) is 0. The zero-order valence-electron chi connectivity index (χ0n) is 14.4. The van der Waals surface area contributed by atoms with Gasteiger partial charge in [-0.25, -0.2) is 9.59 Å². The summed E-state index contributed by atoms with van der Waals surface area (Å²) in [7, 11) is 0. The molecular formula is C20H15NO6S. The minimum absolute atomic E-state index is 0.0309. The Morgan fingerprint density at radius 1 is 1.07 bits per heavy atom. The molecule has 0 atom stereocenters. The van der Waals surface area contributed by atoms with Crippen LogP contribution in [0.4, 0.5) is 5.69 Å². The van der Waals surface area contributed by atoms with Crippen molar-refractivity contribution in [3.63, 3.8) is 0 Å². The number of anilines is 1. The van der Waals surface area contributed by atoms with Crippen molar-refractivity contribution in [1.29, 1.82) is 0 Å². The van der Waals surface area contributed by atoms with E-state index in [1.165, 1.54) is 23.9 Å². The van der Waals surface area contributed by atoms with Crippen LogP contribution in [0.3, 0.4) is 0 Å². The van der Waals surface area contributed by atoms with Gasteiger partial charge in [0.25, 0.3) is 0 Å². The molecule has 3 aromatic rings. The second-order valence-corrected chi connectivity index (χ2v) is 6.80. The highest BCUT2D eigenvalue weighted by molar-refractivity contribution is 7.98. The summed E-state index contributed by atoms with van der Waals surface area (Å²) in [6.07, 6.45) is 1.69. The number of phenolic OH excluding ortho intramolecular Hbond substituents is 1. The number of fused-ring (bicyclic) bond motifs is 1. The lowest BCUT2D eigenvalue weighted by Crippen LogP contribution is -2.08. The lowest BCUT2D eigenvalue weighted by atomic mass is 10.2. The fraction of sp³-hybridized carbons (Fsp3) is 0.0500. The SMILES string of the molecule is O=C(O)/C=C/C(=O)Nc1ccc(SCc2cc3ccc(O)cc3oc2=O)cc1. The topological polar surface area (TPSA) is 117 Å². The molecule has 142 valence electrons. The molecule has 1 heterocycles. The van der Waals surface area contributed by atoms with Crippen LogP contribution in [-0.2, 0) is 15.3 Å². The third-order valence-electron chi connectivity index (χ3n) is 3.69. The quantitative estimate of drug-likeness (QED) is 0.332. The fourth-order valence-corrected chi connectivity index (χ4v) is 3.22. The van der Waals surface area contributed by atoms with Crippen LogP contribution in [0, 0.1) is 0 Å². The van der Waals surface area contributed by atoms with E-state index in [9.17, 15) is 19.5 Å². The molecule has 1 aromatic heterocycles. The van der Waals surface area contributed by atoms with E-state index in [1.807, 2.05) is 0 Å². The number of nitrogens with one attached hydrogen (secondary N) is 1. The first kappa shape index (κ1) is 19.2. The standard InChI is InChI=1S/C20H15NO6S/c22-15-4-1-12-9-13(20(26)27-17(12)10-15)11-28-16-5-2-14(3-6-16)21-18(23)7-8-19(24)25/h1-10,22H,11H2,(H,21,23)(H,24,25)/b8-7+. The number of amides is 1. The molecule has 3 N–H and O–H groups in total. The predicted octanol–water partition coefficient (Wildman–Crippen LogP) is 3.37. The van der Waals surface area contributed by atoms with Crippen LogP contribution in [0.15, 0.2) is 74.8 Å². The van der Waals surface area contributed by atoms with Gasteiger partial charge in [-0.15, -0.1) is 11.8 Å². The number of carboxylic acids is 1. The molecule has 2 aromatic carbocycles. The molecule has 0 aliphatic rings. The third-order valence-corrected chi connectivity index (χ3v) is 4.75. The van der Waals surface area contributed by atoms with Gasteiger partial charge in [0.1, 0.15) is 11.3 Å². The summed E-state index contributed by atoms with van der Waals surface area (Å²) in [5, 5.41) is 21.2. The van der Waals surface area contributed by atoms with Gasteiger partial charge < -0.3 is 19.9 Å². The number of aliphatic carboxylic acids is 1. The molecule has 1 amide bonds. The van der Waals surface area contributed by atoms with Crippen LogP contribution in [0.25, 0.3) is 11.0 Å². The number of aromatic hydroxyl groups is 1. The Hall–Kier alpha value is -3.52. The molecule has 0 bridgehead atoms. The number of benzene rings is 2. The van der Waals surface area contributed by atoms with Gasteiger partial charge in [-0.1, -0.05) is 0 Å². The van der Waals surface area contributed by atoms with E-state index in [-0.39, 0.29) is 5.75 Å². The number of hydrogen-bond acceptors (Lipinski definition) is 6. The van der Waals surface area contributed by atoms with Gasteiger partial charge in [0.2, 0.25) is 5.91 Å². The number of carbonyl (C=O) groups is 2. The lowest BCUT2D eigenvalue weighted by Gasteiger charge is -2.05. The van der Waals surface area contributed by atoms with Crippen molar-refractivity contribution in [2.45, 2.75) is 10.6 Å². The largest absolute Gasteiger partial charge is 0.508 e. The Labute approximate surface area is 163 Å². The summed E-state index contributed by atoms with van der Waals surface area (Å²) in [5.41, 5.74) is 0.893. The molecule has 0 aliphatic heterocycles. The van der Waals surface area contributed by atoms with Gasteiger partial charge in [-0.05, 0) is 42.5 Å². The van der Waals surface area contributed by atoms with Crippen molar-refractivity contribution in [2.24, 2.45) is 0 Å². The van der Waals surface area contributed by atoms with Crippen molar-refractivity contribution in [3.8, 4) is 5.75 Å². The molecular weight excluding hydrogens is 382 g/mol. The molecule has 0 spiro atoms. The van der Waals surface area contributed by atoms with Crippen molar-refractivity contribution in [1.82, 2.24) is 0 Å². The molecule has 3 rings (SSSR count). The van der Waals surface area contributed by atoms with Crippen molar-refractivity contribution in [2.75, 3.05) is 5.32 Å². The average molecular weight is 397 g/mol. The molecule has 0 unspecified atom stereocenters. The Kier molecular flexibility index (Phi) is 5.81. The maximum Gasteiger partial charge on any atom is 0.340 e. The average Bonchev–Trinajstić information content (AvgIpc) is 2.66. The van der Waals surface area contributed by atoms with Crippen LogP contribution >= 0.6 is 11.8 Å². The van der Waals surface area contributed by atoms with Gasteiger partial charge >= 0.3 is 11.6 Å². The Balaban J connectivity index is 1.65. The van der Waals surface area contributed by atoms with E-state index < -0.39 is 17.5 Å². The van der Waals surface area contributed by atoms with Crippen LogP contribution in [0.5, 0.6) is 5.75 Å². The maximum absolute atomic E-state index is 12.1. The maximum atomic E-state index is 12.1. The van der Waals surface area contributed by atoms with Gasteiger partial charge in [-0.3, -0.25) is 4.79 Å².